The summed E-state index contributed by atoms with van der Waals surface area (Å²) in [5.41, 5.74) is 0.464. The summed E-state index contributed by atoms with van der Waals surface area (Å²) in [6.45, 7) is 0. The van der Waals surface area contributed by atoms with Crippen molar-refractivity contribution in [1.82, 2.24) is 4.98 Å². The van der Waals surface area contributed by atoms with Gasteiger partial charge in [0.05, 0.1) is 16.8 Å². The molecule has 0 aliphatic heterocycles. The lowest BCUT2D eigenvalue weighted by Gasteiger charge is -2.06. The van der Waals surface area contributed by atoms with Gasteiger partial charge in [0.2, 0.25) is 0 Å². The van der Waals surface area contributed by atoms with Gasteiger partial charge in [-0.3, -0.25) is 9.71 Å². The van der Waals surface area contributed by atoms with Crippen molar-refractivity contribution in [2.24, 2.45) is 0 Å². The number of pyridine rings is 1. The van der Waals surface area contributed by atoms with Crippen LogP contribution in [0, 0.1) is 11.6 Å². The predicted octanol–water partition coefficient (Wildman–Crippen LogP) is 3.26. The first kappa shape index (κ1) is 13.1. The van der Waals surface area contributed by atoms with E-state index in [-0.39, 0.29) is 4.90 Å². The van der Waals surface area contributed by atoms with Gasteiger partial charge in [0, 0.05) is 16.7 Å². The monoisotopic (exact) mass is 332 g/mol. The highest BCUT2D eigenvalue weighted by Gasteiger charge is 2.11. The van der Waals surface area contributed by atoms with Crippen LogP contribution in [-0.2, 0) is 11.0 Å². The molecule has 0 saturated heterocycles. The van der Waals surface area contributed by atoms with E-state index >= 15 is 0 Å². The van der Waals surface area contributed by atoms with Crippen molar-refractivity contribution in [2.75, 3.05) is 4.72 Å². The number of benzene rings is 1. The Morgan fingerprint density at radius 3 is 2.67 bits per heavy atom. The highest BCUT2D eigenvalue weighted by molar-refractivity contribution is 9.10. The number of rotatable bonds is 3. The van der Waals surface area contributed by atoms with E-state index in [1.807, 2.05) is 0 Å². The van der Waals surface area contributed by atoms with Crippen molar-refractivity contribution in [3.8, 4) is 0 Å². The summed E-state index contributed by atoms with van der Waals surface area (Å²) in [6.07, 6.45) is 3.01. The van der Waals surface area contributed by atoms with E-state index in [1.54, 1.807) is 12.3 Å². The number of hydrogen-bond donors (Lipinski definition) is 1. The van der Waals surface area contributed by atoms with E-state index < -0.39 is 22.6 Å². The maximum atomic E-state index is 13.4. The van der Waals surface area contributed by atoms with Crippen LogP contribution in [0.4, 0.5) is 14.5 Å². The number of halogens is 3. The molecule has 0 aliphatic rings. The Bertz CT molecular complexity index is 609. The van der Waals surface area contributed by atoms with E-state index in [4.69, 9.17) is 0 Å². The largest absolute Gasteiger partial charge is 0.299 e. The van der Waals surface area contributed by atoms with Gasteiger partial charge in [-0.25, -0.2) is 13.0 Å². The minimum atomic E-state index is -1.82. The van der Waals surface area contributed by atoms with Gasteiger partial charge in [0.25, 0.3) is 0 Å². The molecule has 0 spiro atoms. The first-order chi connectivity index (χ1) is 8.56. The fourth-order valence-electron chi connectivity index (χ4n) is 1.26. The molecule has 94 valence electrons. The summed E-state index contributed by atoms with van der Waals surface area (Å²) in [4.78, 5) is 3.76. The van der Waals surface area contributed by atoms with Gasteiger partial charge in [0.1, 0.15) is 11.6 Å². The van der Waals surface area contributed by atoms with Crippen LogP contribution >= 0.6 is 15.9 Å². The highest BCUT2D eigenvalue weighted by Crippen LogP contribution is 2.18. The molecular formula is C11H7BrF2N2OS. The lowest BCUT2D eigenvalue weighted by atomic mass is 10.3. The van der Waals surface area contributed by atoms with Crippen LogP contribution < -0.4 is 4.72 Å². The molecule has 0 radical (unpaired) electrons. The number of hydrogen-bond acceptors (Lipinski definition) is 2. The number of anilines is 1. The molecule has 0 bridgehead atoms. The van der Waals surface area contributed by atoms with E-state index in [9.17, 15) is 13.0 Å². The zero-order valence-electron chi connectivity index (χ0n) is 8.86. The first-order valence-electron chi connectivity index (χ1n) is 4.80. The second-order valence-electron chi connectivity index (χ2n) is 3.34. The lowest BCUT2D eigenvalue weighted by molar-refractivity contribution is 0.562. The predicted molar refractivity (Wildman–Crippen MR) is 68.3 cm³/mol. The minimum absolute atomic E-state index is 0.114. The summed E-state index contributed by atoms with van der Waals surface area (Å²) >= 11 is 3.21. The molecule has 18 heavy (non-hydrogen) atoms. The van der Waals surface area contributed by atoms with Crippen molar-refractivity contribution >= 4 is 32.6 Å². The van der Waals surface area contributed by atoms with Crippen molar-refractivity contribution in [1.29, 1.82) is 0 Å². The fraction of sp³-hybridized carbons (Fsp3) is 0. The maximum absolute atomic E-state index is 13.4. The zero-order chi connectivity index (χ0) is 13.1. The number of nitrogens with one attached hydrogen (secondary N) is 1. The summed E-state index contributed by atoms with van der Waals surface area (Å²) in [5.74, 6) is -1.57. The number of nitrogens with zero attached hydrogens (tertiary/aromatic N) is 1. The molecule has 3 nitrogen and oxygen atoms in total. The zero-order valence-corrected chi connectivity index (χ0v) is 11.3. The molecule has 1 atom stereocenters. The van der Waals surface area contributed by atoms with Crippen molar-refractivity contribution in [2.45, 2.75) is 4.90 Å². The van der Waals surface area contributed by atoms with E-state index in [1.165, 1.54) is 6.20 Å². The SMILES string of the molecule is O=S(Nc1cncc(Br)c1)c1ccc(F)cc1F. The Morgan fingerprint density at radius 2 is 2.00 bits per heavy atom. The van der Waals surface area contributed by atoms with Crippen LogP contribution in [0.15, 0.2) is 46.0 Å². The fourth-order valence-corrected chi connectivity index (χ4v) is 2.48. The van der Waals surface area contributed by atoms with Crippen LogP contribution in [0.3, 0.4) is 0 Å². The van der Waals surface area contributed by atoms with Crippen LogP contribution in [0.25, 0.3) is 0 Å². The van der Waals surface area contributed by atoms with Crippen molar-refractivity contribution in [3.05, 3.63) is 52.8 Å². The van der Waals surface area contributed by atoms with Crippen LogP contribution in [0.5, 0.6) is 0 Å². The van der Waals surface area contributed by atoms with Crippen molar-refractivity contribution < 1.29 is 13.0 Å². The minimum Gasteiger partial charge on any atom is -0.299 e. The summed E-state index contributed by atoms with van der Waals surface area (Å²) < 4.78 is 41.2. The first-order valence-corrected chi connectivity index (χ1v) is 6.74. The average Bonchev–Trinajstić information content (AvgIpc) is 2.28. The molecule has 7 heteroatoms. The Labute approximate surface area is 113 Å². The second-order valence-corrected chi connectivity index (χ2v) is 5.43. The molecule has 0 saturated carbocycles. The molecule has 0 fully saturated rings. The highest BCUT2D eigenvalue weighted by atomic mass is 79.9. The molecule has 1 aromatic carbocycles. The Morgan fingerprint density at radius 1 is 1.22 bits per heavy atom. The average molecular weight is 333 g/mol. The molecule has 1 N–H and O–H groups in total. The molecule has 1 unspecified atom stereocenters. The van der Waals surface area contributed by atoms with Crippen molar-refractivity contribution in [3.63, 3.8) is 0 Å². The Kier molecular flexibility index (Phi) is 4.03. The third-order valence-corrected chi connectivity index (χ3v) is 3.59. The Balaban J connectivity index is 2.22. The molecular weight excluding hydrogens is 326 g/mol. The molecule has 0 aliphatic carbocycles. The van der Waals surface area contributed by atoms with Gasteiger partial charge in [-0.2, -0.15) is 0 Å². The molecule has 1 aromatic heterocycles. The van der Waals surface area contributed by atoms with E-state index in [0.29, 0.717) is 16.2 Å². The Hall–Kier alpha value is -1.34. The third kappa shape index (κ3) is 3.11. The smallest absolute Gasteiger partial charge is 0.153 e. The maximum Gasteiger partial charge on any atom is 0.153 e. The van der Waals surface area contributed by atoms with Crippen LogP contribution in [0.2, 0.25) is 0 Å². The third-order valence-electron chi connectivity index (χ3n) is 2.01. The number of aromatic nitrogens is 1. The van der Waals surface area contributed by atoms with Crippen LogP contribution in [-0.4, -0.2) is 9.19 Å². The van der Waals surface area contributed by atoms with Gasteiger partial charge < -0.3 is 0 Å². The second kappa shape index (κ2) is 5.53. The topological polar surface area (TPSA) is 42.0 Å². The summed E-state index contributed by atoms with van der Waals surface area (Å²) in [7, 11) is -1.82. The molecule has 2 aromatic rings. The van der Waals surface area contributed by atoms with Gasteiger partial charge in [0.15, 0.2) is 11.0 Å². The lowest BCUT2D eigenvalue weighted by Crippen LogP contribution is -2.07. The standard InChI is InChI=1S/C11H7BrF2N2OS/c12-7-3-9(6-15-5-7)16-18(17)11-2-1-8(13)4-10(11)14/h1-6,16H. The molecule has 0 amide bonds. The van der Waals surface area contributed by atoms with Gasteiger partial charge in [-0.15, -0.1) is 0 Å². The quantitative estimate of drug-likeness (QED) is 0.937. The van der Waals surface area contributed by atoms with E-state index in [2.05, 4.69) is 25.6 Å². The summed E-state index contributed by atoms with van der Waals surface area (Å²) in [6, 6.07) is 4.52. The molecule has 2 rings (SSSR count). The van der Waals surface area contributed by atoms with Crippen LogP contribution in [0.1, 0.15) is 0 Å². The normalized spacial score (nSPS) is 12.2. The van der Waals surface area contributed by atoms with E-state index in [0.717, 1.165) is 12.1 Å². The molecule has 1 heterocycles. The summed E-state index contributed by atoms with van der Waals surface area (Å²) in [5, 5.41) is 0. The van der Waals surface area contributed by atoms with Gasteiger partial charge in [-0.1, -0.05) is 0 Å². The van der Waals surface area contributed by atoms with Gasteiger partial charge in [-0.05, 0) is 34.1 Å². The van der Waals surface area contributed by atoms with Gasteiger partial charge >= 0.3 is 0 Å².